The lowest BCUT2D eigenvalue weighted by Crippen LogP contribution is -2.25. The molecule has 0 radical (unpaired) electrons. The molecule has 3 nitrogen and oxygen atoms in total. The molecule has 1 heterocycles. The molecule has 98 valence electrons. The van der Waals surface area contributed by atoms with E-state index in [1.54, 1.807) is 12.1 Å². The summed E-state index contributed by atoms with van der Waals surface area (Å²) in [6, 6.07) is 3.26. The molecule has 0 amide bonds. The number of carbonyl (C=O) groups excluding carboxylic acids is 1. The number of carbonyl (C=O) groups is 1. The van der Waals surface area contributed by atoms with Gasteiger partial charge in [-0.3, -0.25) is 0 Å². The fourth-order valence-corrected chi connectivity index (χ4v) is 2.55. The van der Waals surface area contributed by atoms with E-state index < -0.39 is 0 Å². The van der Waals surface area contributed by atoms with Crippen LogP contribution >= 0.6 is 11.6 Å². The van der Waals surface area contributed by atoms with Gasteiger partial charge in [-0.2, -0.15) is 0 Å². The van der Waals surface area contributed by atoms with Gasteiger partial charge in [0.2, 0.25) is 0 Å². The molecule has 1 aliphatic rings. The van der Waals surface area contributed by atoms with E-state index in [-0.39, 0.29) is 12.1 Å². The van der Waals surface area contributed by atoms with Gasteiger partial charge in [0.25, 0.3) is 0 Å². The average molecular weight is 268 g/mol. The first-order valence-corrected chi connectivity index (χ1v) is 6.89. The van der Waals surface area contributed by atoms with Gasteiger partial charge in [-0.15, -0.1) is 0 Å². The van der Waals surface area contributed by atoms with Crippen molar-refractivity contribution in [1.82, 2.24) is 4.98 Å². The first-order chi connectivity index (χ1) is 8.69. The molecule has 4 heteroatoms. The summed E-state index contributed by atoms with van der Waals surface area (Å²) in [5.41, 5.74) is 0.470. The maximum atomic E-state index is 11.9. The molecule has 18 heavy (non-hydrogen) atoms. The lowest BCUT2D eigenvalue weighted by Gasteiger charge is -2.28. The molecule has 0 aliphatic heterocycles. The van der Waals surface area contributed by atoms with Gasteiger partial charge in [-0.1, -0.05) is 31.4 Å². The standard InChI is InChI=1S/C14H18ClNO2/c1-2-10-4-3-5-12(8-10)18-14(17)11-6-7-13(15)16-9-11/h6-7,9-10,12H,2-5,8H2,1H3. The van der Waals surface area contributed by atoms with Gasteiger partial charge >= 0.3 is 5.97 Å². The summed E-state index contributed by atoms with van der Waals surface area (Å²) in [4.78, 5) is 15.8. The fraction of sp³-hybridized carbons (Fsp3) is 0.571. The van der Waals surface area contributed by atoms with Crippen LogP contribution in [0.5, 0.6) is 0 Å². The number of rotatable bonds is 3. The van der Waals surface area contributed by atoms with Crippen molar-refractivity contribution in [3.05, 3.63) is 29.0 Å². The van der Waals surface area contributed by atoms with Crippen LogP contribution in [0.3, 0.4) is 0 Å². The van der Waals surface area contributed by atoms with Crippen molar-refractivity contribution in [2.24, 2.45) is 5.92 Å². The van der Waals surface area contributed by atoms with Gasteiger partial charge in [0, 0.05) is 6.20 Å². The van der Waals surface area contributed by atoms with E-state index in [4.69, 9.17) is 16.3 Å². The number of ether oxygens (including phenoxy) is 1. The molecule has 1 aliphatic carbocycles. The fourth-order valence-electron chi connectivity index (χ4n) is 2.44. The van der Waals surface area contributed by atoms with E-state index >= 15 is 0 Å². The van der Waals surface area contributed by atoms with E-state index in [9.17, 15) is 4.79 Å². The summed E-state index contributed by atoms with van der Waals surface area (Å²) in [6.07, 6.45) is 7.06. The van der Waals surface area contributed by atoms with Crippen LogP contribution in [0.15, 0.2) is 18.3 Å². The number of esters is 1. The molecule has 0 spiro atoms. The van der Waals surface area contributed by atoms with Crippen molar-refractivity contribution in [3.8, 4) is 0 Å². The number of pyridine rings is 1. The summed E-state index contributed by atoms with van der Waals surface area (Å²) in [5, 5.41) is 0.385. The summed E-state index contributed by atoms with van der Waals surface area (Å²) < 4.78 is 5.53. The Morgan fingerprint density at radius 3 is 3.00 bits per heavy atom. The third-order valence-corrected chi connectivity index (χ3v) is 3.77. The van der Waals surface area contributed by atoms with Crippen molar-refractivity contribution in [1.29, 1.82) is 0 Å². The van der Waals surface area contributed by atoms with Gasteiger partial charge < -0.3 is 4.74 Å². The van der Waals surface area contributed by atoms with E-state index in [1.165, 1.54) is 12.6 Å². The first kappa shape index (κ1) is 13.3. The quantitative estimate of drug-likeness (QED) is 0.617. The predicted molar refractivity (Wildman–Crippen MR) is 70.7 cm³/mol. The largest absolute Gasteiger partial charge is 0.459 e. The van der Waals surface area contributed by atoms with Crippen LogP contribution < -0.4 is 0 Å². The van der Waals surface area contributed by atoms with Crippen LogP contribution in [-0.2, 0) is 4.74 Å². The molecule has 1 saturated carbocycles. The molecule has 0 saturated heterocycles. The second-order valence-electron chi connectivity index (χ2n) is 4.84. The van der Waals surface area contributed by atoms with Gasteiger partial charge in [0.05, 0.1) is 5.56 Å². The van der Waals surface area contributed by atoms with Crippen LogP contribution in [0.1, 0.15) is 49.4 Å². The molecule has 1 aromatic rings. The monoisotopic (exact) mass is 267 g/mol. The number of halogens is 1. The number of hydrogen-bond donors (Lipinski definition) is 0. The normalized spacial score (nSPS) is 23.7. The third kappa shape index (κ3) is 3.45. The summed E-state index contributed by atoms with van der Waals surface area (Å²) >= 11 is 5.68. The average Bonchev–Trinajstić information content (AvgIpc) is 2.39. The minimum Gasteiger partial charge on any atom is -0.459 e. The summed E-state index contributed by atoms with van der Waals surface area (Å²) in [5.74, 6) is 0.404. The Hall–Kier alpha value is -1.09. The second kappa shape index (κ2) is 6.19. The molecular weight excluding hydrogens is 250 g/mol. The first-order valence-electron chi connectivity index (χ1n) is 6.51. The topological polar surface area (TPSA) is 39.2 Å². The van der Waals surface area contributed by atoms with Gasteiger partial charge in [0.15, 0.2) is 0 Å². The number of nitrogens with zero attached hydrogens (tertiary/aromatic N) is 1. The minimum atomic E-state index is -0.291. The molecular formula is C14H18ClNO2. The maximum Gasteiger partial charge on any atom is 0.339 e. The van der Waals surface area contributed by atoms with E-state index in [2.05, 4.69) is 11.9 Å². The maximum absolute atomic E-state index is 11.9. The molecule has 0 aromatic carbocycles. The zero-order valence-corrected chi connectivity index (χ0v) is 11.3. The molecule has 2 atom stereocenters. The van der Waals surface area contributed by atoms with E-state index in [0.717, 1.165) is 25.7 Å². The van der Waals surface area contributed by atoms with Crippen molar-refractivity contribution in [2.75, 3.05) is 0 Å². The lowest BCUT2D eigenvalue weighted by molar-refractivity contribution is 0.0139. The van der Waals surface area contributed by atoms with E-state index in [1.807, 2.05) is 0 Å². The Morgan fingerprint density at radius 1 is 1.50 bits per heavy atom. The minimum absolute atomic E-state index is 0.0619. The van der Waals surface area contributed by atoms with E-state index in [0.29, 0.717) is 16.6 Å². The molecule has 1 aromatic heterocycles. The molecule has 1 fully saturated rings. The summed E-state index contributed by atoms with van der Waals surface area (Å²) in [7, 11) is 0. The molecule has 0 bridgehead atoms. The van der Waals surface area contributed by atoms with Crippen molar-refractivity contribution < 1.29 is 9.53 Å². The highest BCUT2D eigenvalue weighted by Gasteiger charge is 2.24. The zero-order valence-electron chi connectivity index (χ0n) is 10.6. The number of hydrogen-bond acceptors (Lipinski definition) is 3. The van der Waals surface area contributed by atoms with Crippen LogP contribution in [0.4, 0.5) is 0 Å². The highest BCUT2D eigenvalue weighted by Crippen LogP contribution is 2.28. The SMILES string of the molecule is CCC1CCCC(OC(=O)c2ccc(Cl)nc2)C1. The predicted octanol–water partition coefficient (Wildman–Crippen LogP) is 3.86. The van der Waals surface area contributed by atoms with Crippen LogP contribution in [0.25, 0.3) is 0 Å². The lowest BCUT2D eigenvalue weighted by atomic mass is 9.85. The van der Waals surface area contributed by atoms with Crippen molar-refractivity contribution in [3.63, 3.8) is 0 Å². The van der Waals surface area contributed by atoms with Crippen molar-refractivity contribution >= 4 is 17.6 Å². The highest BCUT2D eigenvalue weighted by atomic mass is 35.5. The smallest absolute Gasteiger partial charge is 0.339 e. The molecule has 2 rings (SSSR count). The number of aromatic nitrogens is 1. The van der Waals surface area contributed by atoms with Crippen LogP contribution in [-0.4, -0.2) is 17.1 Å². The van der Waals surface area contributed by atoms with Crippen LogP contribution in [0, 0.1) is 5.92 Å². The second-order valence-corrected chi connectivity index (χ2v) is 5.23. The Kier molecular flexibility index (Phi) is 4.59. The summed E-state index contributed by atoms with van der Waals surface area (Å²) in [6.45, 7) is 2.19. The Labute approximate surface area is 113 Å². The van der Waals surface area contributed by atoms with Crippen molar-refractivity contribution in [2.45, 2.75) is 45.1 Å². The highest BCUT2D eigenvalue weighted by molar-refractivity contribution is 6.29. The molecule has 2 unspecified atom stereocenters. The van der Waals surface area contributed by atoms with Gasteiger partial charge in [-0.05, 0) is 37.3 Å². The molecule has 0 N–H and O–H groups in total. The Balaban J connectivity index is 1.92. The Morgan fingerprint density at radius 2 is 2.33 bits per heavy atom. The van der Waals surface area contributed by atoms with Crippen LogP contribution in [0.2, 0.25) is 5.15 Å². The third-order valence-electron chi connectivity index (χ3n) is 3.55. The zero-order chi connectivity index (χ0) is 13.0. The Bertz CT molecular complexity index is 405. The van der Waals surface area contributed by atoms with Gasteiger partial charge in [-0.25, -0.2) is 9.78 Å². The van der Waals surface area contributed by atoms with Gasteiger partial charge in [0.1, 0.15) is 11.3 Å².